The van der Waals surface area contributed by atoms with Gasteiger partial charge >= 0.3 is 0 Å². The van der Waals surface area contributed by atoms with Gasteiger partial charge in [-0.3, -0.25) is 14.7 Å². The molecular formula is C16H12N2O3S2. The highest BCUT2D eigenvalue weighted by Crippen LogP contribution is 2.36. The molecule has 0 N–H and O–H groups in total. The standard InChI is InChI=1S/C16H12N2O3S2/c19-15-14(6-10-2-1-5-17-8-10)23-16(22)18(15)11-3-4-12-13(7-11)21-9-20-12/h1-8,12-13H,9H2/b14-6-/t12-,13-/m0/s1. The first-order chi connectivity index (χ1) is 11.2. The van der Waals surface area contributed by atoms with Crippen molar-refractivity contribution in [1.29, 1.82) is 0 Å². The maximum Gasteiger partial charge on any atom is 0.270 e. The van der Waals surface area contributed by atoms with E-state index in [0.29, 0.717) is 9.23 Å². The van der Waals surface area contributed by atoms with Gasteiger partial charge in [0.05, 0.1) is 4.91 Å². The molecule has 1 aromatic heterocycles. The third-order valence-corrected chi connectivity index (χ3v) is 4.97. The molecule has 23 heavy (non-hydrogen) atoms. The lowest BCUT2D eigenvalue weighted by atomic mass is 10.1. The summed E-state index contributed by atoms with van der Waals surface area (Å²) in [7, 11) is 0. The van der Waals surface area contributed by atoms with E-state index in [2.05, 4.69) is 4.98 Å². The van der Waals surface area contributed by atoms with E-state index in [1.54, 1.807) is 18.5 Å². The van der Waals surface area contributed by atoms with Crippen LogP contribution in [0.5, 0.6) is 0 Å². The van der Waals surface area contributed by atoms with Crippen LogP contribution in [0, 0.1) is 0 Å². The lowest BCUT2D eigenvalue weighted by Crippen LogP contribution is -2.31. The van der Waals surface area contributed by atoms with Crippen LogP contribution in [-0.4, -0.2) is 39.1 Å². The zero-order valence-corrected chi connectivity index (χ0v) is 13.5. The summed E-state index contributed by atoms with van der Waals surface area (Å²) in [4.78, 5) is 18.9. The van der Waals surface area contributed by atoms with Crippen molar-refractivity contribution in [2.75, 3.05) is 6.79 Å². The molecule has 2 atom stereocenters. The number of nitrogens with zero attached hydrogens (tertiary/aromatic N) is 2. The van der Waals surface area contributed by atoms with Crippen LogP contribution in [0.15, 0.2) is 53.4 Å². The first-order valence-corrected chi connectivity index (χ1v) is 8.26. The van der Waals surface area contributed by atoms with E-state index < -0.39 is 0 Å². The van der Waals surface area contributed by atoms with Crippen molar-refractivity contribution in [2.24, 2.45) is 0 Å². The molecule has 1 amide bonds. The maximum atomic E-state index is 12.7. The zero-order chi connectivity index (χ0) is 15.8. The summed E-state index contributed by atoms with van der Waals surface area (Å²) in [5, 5.41) is 0. The molecule has 0 radical (unpaired) electrons. The molecule has 0 bridgehead atoms. The van der Waals surface area contributed by atoms with Crippen LogP contribution >= 0.6 is 24.0 Å². The number of aromatic nitrogens is 1. The summed E-state index contributed by atoms with van der Waals surface area (Å²) in [5.74, 6) is -0.128. The minimum Gasteiger partial charge on any atom is -0.345 e. The summed E-state index contributed by atoms with van der Waals surface area (Å²) in [5.41, 5.74) is 1.60. The van der Waals surface area contributed by atoms with Gasteiger partial charge in [0.2, 0.25) is 0 Å². The average molecular weight is 344 g/mol. The molecule has 3 heterocycles. The molecule has 2 saturated heterocycles. The Morgan fingerprint density at radius 1 is 1.39 bits per heavy atom. The first-order valence-electron chi connectivity index (χ1n) is 7.03. The number of hydrogen-bond acceptors (Lipinski definition) is 6. The molecule has 7 heteroatoms. The Bertz CT molecular complexity index is 758. The number of thiocarbonyl (C=S) groups is 1. The highest BCUT2D eigenvalue weighted by Gasteiger charge is 2.37. The number of amides is 1. The SMILES string of the molecule is O=C1/C(=C/c2cccnc2)SC(=S)N1C1=C[C@@H]2OCO[C@H]2C=C1. The monoisotopic (exact) mass is 344 g/mol. The molecule has 0 unspecified atom stereocenters. The van der Waals surface area contributed by atoms with Crippen molar-refractivity contribution < 1.29 is 14.3 Å². The Morgan fingerprint density at radius 2 is 2.26 bits per heavy atom. The zero-order valence-electron chi connectivity index (χ0n) is 11.9. The van der Waals surface area contributed by atoms with Gasteiger partial charge in [0, 0.05) is 18.1 Å². The molecular weight excluding hydrogens is 332 g/mol. The molecule has 0 saturated carbocycles. The highest BCUT2D eigenvalue weighted by molar-refractivity contribution is 8.26. The van der Waals surface area contributed by atoms with E-state index in [1.807, 2.05) is 30.4 Å². The quantitative estimate of drug-likeness (QED) is 0.607. The number of thioether (sulfide) groups is 1. The van der Waals surface area contributed by atoms with E-state index in [4.69, 9.17) is 21.7 Å². The van der Waals surface area contributed by atoms with E-state index in [1.165, 1.54) is 16.7 Å². The van der Waals surface area contributed by atoms with Crippen molar-refractivity contribution in [1.82, 2.24) is 9.88 Å². The third kappa shape index (κ3) is 2.76. The van der Waals surface area contributed by atoms with Crippen LogP contribution in [0.3, 0.4) is 0 Å². The number of ether oxygens (including phenoxy) is 2. The Morgan fingerprint density at radius 3 is 3.09 bits per heavy atom. The summed E-state index contributed by atoms with van der Waals surface area (Å²) < 4.78 is 11.4. The lowest BCUT2D eigenvalue weighted by Gasteiger charge is -2.22. The van der Waals surface area contributed by atoms with Gasteiger partial charge < -0.3 is 9.47 Å². The minimum absolute atomic E-state index is 0.0805. The predicted octanol–water partition coefficient (Wildman–Crippen LogP) is 2.48. The van der Waals surface area contributed by atoms with Crippen LogP contribution in [-0.2, 0) is 14.3 Å². The van der Waals surface area contributed by atoms with Crippen LogP contribution in [0.2, 0.25) is 0 Å². The van der Waals surface area contributed by atoms with Gasteiger partial charge in [-0.15, -0.1) is 0 Å². The Kier molecular flexibility index (Phi) is 3.86. The molecule has 2 fully saturated rings. The second-order valence-corrected chi connectivity index (χ2v) is 6.81. The number of carbonyl (C=O) groups is 1. The molecule has 0 spiro atoms. The van der Waals surface area contributed by atoms with E-state index >= 15 is 0 Å². The summed E-state index contributed by atoms with van der Waals surface area (Å²) in [6.45, 7) is 0.267. The van der Waals surface area contributed by atoms with E-state index in [-0.39, 0.29) is 24.9 Å². The fourth-order valence-corrected chi connectivity index (χ4v) is 3.86. The fraction of sp³-hybridized carbons (Fsp3) is 0.188. The van der Waals surface area contributed by atoms with Gasteiger partial charge in [-0.2, -0.15) is 0 Å². The number of hydrogen-bond donors (Lipinski definition) is 0. The second-order valence-electron chi connectivity index (χ2n) is 5.13. The molecule has 2 aliphatic heterocycles. The molecule has 116 valence electrons. The highest BCUT2D eigenvalue weighted by atomic mass is 32.2. The number of pyridine rings is 1. The fourth-order valence-electron chi connectivity index (χ4n) is 2.56. The van der Waals surface area contributed by atoms with Crippen molar-refractivity contribution in [3.63, 3.8) is 0 Å². The van der Waals surface area contributed by atoms with Crippen LogP contribution < -0.4 is 0 Å². The first kappa shape index (κ1) is 14.8. The summed E-state index contributed by atoms with van der Waals surface area (Å²) >= 11 is 6.67. The van der Waals surface area contributed by atoms with Gasteiger partial charge in [0.15, 0.2) is 4.32 Å². The van der Waals surface area contributed by atoms with Crippen molar-refractivity contribution in [2.45, 2.75) is 12.2 Å². The molecule has 1 aliphatic carbocycles. The molecule has 0 aromatic carbocycles. The lowest BCUT2D eigenvalue weighted by molar-refractivity contribution is -0.120. The van der Waals surface area contributed by atoms with Gasteiger partial charge in [-0.1, -0.05) is 36.1 Å². The molecule has 3 aliphatic rings. The topological polar surface area (TPSA) is 51.7 Å². The van der Waals surface area contributed by atoms with Gasteiger partial charge in [0.1, 0.15) is 19.0 Å². The Balaban J connectivity index is 1.61. The molecule has 5 nitrogen and oxygen atoms in total. The van der Waals surface area contributed by atoms with Gasteiger partial charge in [0.25, 0.3) is 5.91 Å². The number of carbonyl (C=O) groups excluding carboxylic acids is 1. The van der Waals surface area contributed by atoms with Crippen LogP contribution in [0.25, 0.3) is 6.08 Å². The second kappa shape index (κ2) is 6.01. The third-order valence-electron chi connectivity index (χ3n) is 3.67. The average Bonchev–Trinajstić information content (AvgIpc) is 3.13. The summed E-state index contributed by atoms with van der Waals surface area (Å²) in [6.07, 6.45) is 10.6. The Labute approximate surface area is 142 Å². The van der Waals surface area contributed by atoms with Crippen molar-refractivity contribution in [3.05, 3.63) is 58.9 Å². The number of rotatable bonds is 2. The number of allylic oxidation sites excluding steroid dienone is 1. The number of fused-ring (bicyclic) bond motifs is 1. The van der Waals surface area contributed by atoms with Gasteiger partial charge in [-0.05, 0) is 29.9 Å². The van der Waals surface area contributed by atoms with Crippen LogP contribution in [0.1, 0.15) is 5.56 Å². The largest absolute Gasteiger partial charge is 0.345 e. The molecule has 4 rings (SSSR count). The maximum absolute atomic E-state index is 12.7. The van der Waals surface area contributed by atoms with Crippen molar-refractivity contribution >= 4 is 40.3 Å². The Hall–Kier alpha value is -1.80. The smallest absolute Gasteiger partial charge is 0.270 e. The summed E-state index contributed by atoms with van der Waals surface area (Å²) in [6, 6.07) is 3.73. The minimum atomic E-state index is -0.165. The normalized spacial score (nSPS) is 28.4. The van der Waals surface area contributed by atoms with Crippen LogP contribution in [0.4, 0.5) is 0 Å². The van der Waals surface area contributed by atoms with E-state index in [9.17, 15) is 4.79 Å². The molecule has 1 aromatic rings. The van der Waals surface area contributed by atoms with E-state index in [0.717, 1.165) is 11.3 Å². The predicted molar refractivity (Wildman–Crippen MR) is 91.1 cm³/mol. The van der Waals surface area contributed by atoms with Crippen molar-refractivity contribution in [3.8, 4) is 0 Å². The van der Waals surface area contributed by atoms with Gasteiger partial charge in [-0.25, -0.2) is 0 Å².